The van der Waals surface area contributed by atoms with E-state index in [-0.39, 0.29) is 0 Å². The summed E-state index contributed by atoms with van der Waals surface area (Å²) in [4.78, 5) is 0. The molecule has 10 heavy (non-hydrogen) atoms. The van der Waals surface area contributed by atoms with Crippen LogP contribution in [0.25, 0.3) is 0 Å². The van der Waals surface area contributed by atoms with E-state index in [1.807, 2.05) is 0 Å². The second-order valence-corrected chi connectivity index (χ2v) is 2.86. The van der Waals surface area contributed by atoms with Crippen LogP contribution in [0.15, 0.2) is 6.07 Å². The Morgan fingerprint density at radius 3 is 2.30 bits per heavy atom. The van der Waals surface area contributed by atoms with E-state index in [0.717, 1.165) is 0 Å². The molecule has 0 fully saturated rings. The van der Waals surface area contributed by atoms with Gasteiger partial charge in [0, 0.05) is 24.3 Å². The lowest BCUT2D eigenvalue weighted by Gasteiger charge is -1.98. The van der Waals surface area contributed by atoms with Gasteiger partial charge in [-0.3, -0.25) is 0 Å². The maximum Gasteiger partial charge on any atom is 0.0491 e. The van der Waals surface area contributed by atoms with Gasteiger partial charge in [-0.15, -0.1) is 11.6 Å². The van der Waals surface area contributed by atoms with Gasteiger partial charge in [0.2, 0.25) is 0 Å². The van der Waals surface area contributed by atoms with E-state index in [1.54, 1.807) is 0 Å². The van der Waals surface area contributed by atoms with Crippen LogP contribution in [0.4, 0.5) is 0 Å². The molecule has 1 nitrogen and oxygen atoms in total. The maximum absolute atomic E-state index is 5.70. The van der Waals surface area contributed by atoms with Crippen molar-refractivity contribution < 1.29 is 0 Å². The van der Waals surface area contributed by atoms with Crippen LogP contribution in [0.5, 0.6) is 0 Å². The lowest BCUT2D eigenvalue weighted by Crippen LogP contribution is -1.93. The molecular weight excluding hydrogens is 146 g/mol. The first-order valence-corrected chi connectivity index (χ1v) is 3.88. The molecule has 1 rings (SSSR count). The van der Waals surface area contributed by atoms with Crippen LogP contribution < -0.4 is 0 Å². The van der Waals surface area contributed by atoms with Crippen molar-refractivity contribution in [3.05, 3.63) is 23.0 Å². The molecule has 0 spiro atoms. The number of halogens is 1. The first-order chi connectivity index (χ1) is 4.66. The summed E-state index contributed by atoms with van der Waals surface area (Å²) in [6.07, 6.45) is 0. The molecular formula is C8H12ClN. The van der Waals surface area contributed by atoms with Crippen LogP contribution in [0.1, 0.15) is 17.0 Å². The van der Waals surface area contributed by atoms with E-state index in [9.17, 15) is 0 Å². The minimum absolute atomic E-state index is 0.619. The van der Waals surface area contributed by atoms with Gasteiger partial charge in [0.15, 0.2) is 0 Å². The van der Waals surface area contributed by atoms with E-state index in [2.05, 4.69) is 31.5 Å². The Morgan fingerprint density at radius 2 is 2.10 bits per heavy atom. The molecule has 0 aliphatic carbocycles. The fourth-order valence-electron chi connectivity index (χ4n) is 1.07. The monoisotopic (exact) mass is 157 g/mol. The van der Waals surface area contributed by atoms with Gasteiger partial charge in [-0.25, -0.2) is 0 Å². The highest BCUT2D eigenvalue weighted by Crippen LogP contribution is 2.14. The quantitative estimate of drug-likeness (QED) is 0.552. The van der Waals surface area contributed by atoms with Crippen LogP contribution in [-0.4, -0.2) is 4.57 Å². The van der Waals surface area contributed by atoms with E-state index < -0.39 is 0 Å². The summed E-state index contributed by atoms with van der Waals surface area (Å²) < 4.78 is 2.15. The van der Waals surface area contributed by atoms with Crippen molar-refractivity contribution in [1.82, 2.24) is 4.57 Å². The number of rotatable bonds is 1. The van der Waals surface area contributed by atoms with Gasteiger partial charge in [0.1, 0.15) is 0 Å². The number of aryl methyl sites for hydroxylation is 1. The lowest BCUT2D eigenvalue weighted by atomic mass is 10.3. The summed E-state index contributed by atoms with van der Waals surface area (Å²) in [5.74, 6) is 0.619. The average Bonchev–Trinajstić information content (AvgIpc) is 2.17. The third-order valence-corrected chi connectivity index (χ3v) is 2.31. The van der Waals surface area contributed by atoms with Gasteiger partial charge in [-0.1, -0.05) is 0 Å². The summed E-state index contributed by atoms with van der Waals surface area (Å²) in [5.41, 5.74) is 3.78. The van der Waals surface area contributed by atoms with E-state index in [4.69, 9.17) is 11.6 Å². The smallest absolute Gasteiger partial charge is 0.0491 e. The van der Waals surface area contributed by atoms with Crippen molar-refractivity contribution in [2.75, 3.05) is 0 Å². The highest BCUT2D eigenvalue weighted by molar-refractivity contribution is 6.17. The Labute approximate surface area is 66.6 Å². The first kappa shape index (κ1) is 7.67. The van der Waals surface area contributed by atoms with Gasteiger partial charge in [-0.2, -0.15) is 0 Å². The van der Waals surface area contributed by atoms with E-state index in [1.165, 1.54) is 17.0 Å². The Morgan fingerprint density at radius 1 is 1.50 bits per heavy atom. The standard InChI is InChI=1S/C8H12ClN/c1-6-4-8(5-9)7(2)10(6)3/h4H,5H2,1-3H3. The number of hydrogen-bond acceptors (Lipinski definition) is 0. The van der Waals surface area contributed by atoms with Crippen LogP contribution in [0, 0.1) is 13.8 Å². The first-order valence-electron chi connectivity index (χ1n) is 3.34. The highest BCUT2D eigenvalue weighted by atomic mass is 35.5. The average molecular weight is 158 g/mol. The Kier molecular flexibility index (Phi) is 2.05. The van der Waals surface area contributed by atoms with E-state index >= 15 is 0 Å². The molecule has 0 unspecified atom stereocenters. The maximum atomic E-state index is 5.70. The molecule has 0 atom stereocenters. The molecule has 1 aromatic rings. The Bertz CT molecular complexity index is 238. The lowest BCUT2D eigenvalue weighted by molar-refractivity contribution is 0.840. The molecule has 0 bridgehead atoms. The second-order valence-electron chi connectivity index (χ2n) is 2.59. The fraction of sp³-hybridized carbons (Fsp3) is 0.500. The molecule has 0 aliphatic heterocycles. The predicted octanol–water partition coefficient (Wildman–Crippen LogP) is 2.38. The number of hydrogen-bond donors (Lipinski definition) is 0. The summed E-state index contributed by atoms with van der Waals surface area (Å²) >= 11 is 5.70. The van der Waals surface area contributed by atoms with Crippen molar-refractivity contribution in [3.8, 4) is 0 Å². The third-order valence-electron chi connectivity index (χ3n) is 2.02. The summed E-state index contributed by atoms with van der Waals surface area (Å²) in [7, 11) is 2.06. The highest BCUT2D eigenvalue weighted by Gasteiger charge is 2.02. The molecule has 0 aromatic carbocycles. The van der Waals surface area contributed by atoms with Crippen molar-refractivity contribution in [3.63, 3.8) is 0 Å². The predicted molar refractivity (Wildman–Crippen MR) is 44.4 cm³/mol. The van der Waals surface area contributed by atoms with Gasteiger partial charge < -0.3 is 4.57 Å². The molecule has 0 amide bonds. The summed E-state index contributed by atoms with van der Waals surface area (Å²) in [6, 6.07) is 2.13. The normalized spacial score (nSPS) is 10.4. The van der Waals surface area contributed by atoms with Crippen molar-refractivity contribution in [1.29, 1.82) is 0 Å². The summed E-state index contributed by atoms with van der Waals surface area (Å²) in [6.45, 7) is 4.17. The molecule has 0 radical (unpaired) electrons. The molecule has 0 saturated heterocycles. The van der Waals surface area contributed by atoms with Crippen molar-refractivity contribution in [2.24, 2.45) is 7.05 Å². The molecule has 1 aromatic heterocycles. The molecule has 0 saturated carbocycles. The molecule has 0 N–H and O–H groups in total. The Balaban J connectivity index is 3.17. The van der Waals surface area contributed by atoms with Crippen LogP contribution in [0.2, 0.25) is 0 Å². The molecule has 56 valence electrons. The molecule has 1 heterocycles. The zero-order valence-electron chi connectivity index (χ0n) is 6.61. The van der Waals surface area contributed by atoms with Gasteiger partial charge in [-0.05, 0) is 25.5 Å². The van der Waals surface area contributed by atoms with Gasteiger partial charge >= 0.3 is 0 Å². The second kappa shape index (κ2) is 2.67. The summed E-state index contributed by atoms with van der Waals surface area (Å²) in [5, 5.41) is 0. The van der Waals surface area contributed by atoms with E-state index in [0.29, 0.717) is 5.88 Å². The number of aromatic nitrogens is 1. The zero-order valence-corrected chi connectivity index (χ0v) is 7.37. The molecule has 2 heteroatoms. The molecule has 0 aliphatic rings. The number of nitrogens with zero attached hydrogens (tertiary/aromatic N) is 1. The van der Waals surface area contributed by atoms with Gasteiger partial charge in [0.25, 0.3) is 0 Å². The van der Waals surface area contributed by atoms with Crippen molar-refractivity contribution in [2.45, 2.75) is 19.7 Å². The van der Waals surface area contributed by atoms with Crippen LogP contribution in [-0.2, 0) is 12.9 Å². The van der Waals surface area contributed by atoms with Crippen LogP contribution >= 0.6 is 11.6 Å². The number of alkyl halides is 1. The SMILES string of the molecule is Cc1cc(CCl)c(C)n1C. The largest absolute Gasteiger partial charge is 0.352 e. The zero-order chi connectivity index (χ0) is 7.72. The minimum Gasteiger partial charge on any atom is -0.352 e. The Hall–Kier alpha value is -0.430. The third kappa shape index (κ3) is 1.06. The fourth-order valence-corrected chi connectivity index (χ4v) is 1.34. The minimum atomic E-state index is 0.619. The van der Waals surface area contributed by atoms with Gasteiger partial charge in [0.05, 0.1) is 0 Å². The van der Waals surface area contributed by atoms with Crippen molar-refractivity contribution >= 4 is 11.6 Å². The van der Waals surface area contributed by atoms with Crippen LogP contribution in [0.3, 0.4) is 0 Å². The topological polar surface area (TPSA) is 4.93 Å².